The number of ether oxygens (including phenoxy) is 1. The molecule has 150 valence electrons. The molecule has 7 nitrogen and oxygen atoms in total. The van der Waals surface area contributed by atoms with E-state index in [4.69, 9.17) is 13.7 Å². The first-order chi connectivity index (χ1) is 14.5. The summed E-state index contributed by atoms with van der Waals surface area (Å²) in [6.07, 6.45) is 0. The van der Waals surface area contributed by atoms with Crippen molar-refractivity contribution in [1.29, 1.82) is 0 Å². The van der Waals surface area contributed by atoms with Crippen LogP contribution < -0.4 is 0 Å². The Labute approximate surface area is 175 Å². The van der Waals surface area contributed by atoms with E-state index in [1.165, 1.54) is 11.3 Å². The van der Waals surface area contributed by atoms with E-state index in [-0.39, 0.29) is 12.3 Å². The van der Waals surface area contributed by atoms with Crippen LogP contribution in [0.5, 0.6) is 0 Å². The second-order valence-corrected chi connectivity index (χ2v) is 8.10. The number of nitrogens with zero attached hydrogens (tertiary/aromatic N) is 3. The first-order valence-corrected chi connectivity index (χ1v) is 10.2. The van der Waals surface area contributed by atoms with Crippen molar-refractivity contribution < 1.29 is 18.5 Å². The second-order valence-electron chi connectivity index (χ2n) is 6.98. The molecule has 0 saturated carbocycles. The van der Waals surface area contributed by atoms with Crippen LogP contribution in [0.15, 0.2) is 45.3 Å². The number of hydrogen-bond donors (Lipinski definition) is 0. The van der Waals surface area contributed by atoms with Crippen LogP contribution in [0, 0.1) is 20.8 Å². The van der Waals surface area contributed by atoms with Gasteiger partial charge in [0.05, 0.1) is 32.6 Å². The quantitative estimate of drug-likeness (QED) is 0.361. The number of carbonyl (C=O) groups excluding carboxylic acids is 1. The van der Waals surface area contributed by atoms with Gasteiger partial charge in [-0.2, -0.15) is 0 Å². The van der Waals surface area contributed by atoms with Crippen molar-refractivity contribution in [2.24, 2.45) is 0 Å². The smallest absolute Gasteiger partial charge is 0.339 e. The Balaban J connectivity index is 1.50. The predicted molar refractivity (Wildman–Crippen MR) is 112 cm³/mol. The minimum Gasteiger partial charge on any atom is -0.466 e. The third-order valence-electron chi connectivity index (χ3n) is 4.82. The van der Waals surface area contributed by atoms with Crippen LogP contribution in [0.25, 0.3) is 32.6 Å². The highest BCUT2D eigenvalue weighted by atomic mass is 32.1. The summed E-state index contributed by atoms with van der Waals surface area (Å²) in [7, 11) is 0. The van der Waals surface area contributed by atoms with Gasteiger partial charge in [0.25, 0.3) is 5.71 Å². The summed E-state index contributed by atoms with van der Waals surface area (Å²) in [5.41, 5.74) is 3.48. The number of para-hydroxylation sites is 1. The molecule has 8 heteroatoms. The molecule has 5 rings (SSSR count). The Morgan fingerprint density at radius 2 is 1.97 bits per heavy atom. The molecule has 4 aromatic heterocycles. The van der Waals surface area contributed by atoms with Gasteiger partial charge in [0.15, 0.2) is 0 Å². The molecule has 1 aromatic carbocycles. The van der Waals surface area contributed by atoms with Gasteiger partial charge in [-0.05, 0) is 45.0 Å². The maximum atomic E-state index is 13.0. The van der Waals surface area contributed by atoms with E-state index in [9.17, 15) is 4.79 Å². The second kappa shape index (κ2) is 7.07. The molecule has 0 unspecified atom stereocenters. The van der Waals surface area contributed by atoms with Crippen molar-refractivity contribution in [2.45, 2.75) is 27.4 Å². The molecule has 0 aliphatic heterocycles. The van der Waals surface area contributed by atoms with Crippen LogP contribution in [0.2, 0.25) is 0 Å². The summed E-state index contributed by atoms with van der Waals surface area (Å²) in [6, 6.07) is 11.4. The van der Waals surface area contributed by atoms with Crippen LogP contribution >= 0.6 is 11.3 Å². The Morgan fingerprint density at radius 3 is 2.73 bits per heavy atom. The molecule has 0 aliphatic carbocycles. The zero-order valence-electron chi connectivity index (χ0n) is 16.6. The topological polar surface area (TPSA) is 91.2 Å². The Hall–Kier alpha value is -3.52. The molecule has 30 heavy (non-hydrogen) atoms. The minimum absolute atomic E-state index is 0.0888. The monoisotopic (exact) mass is 419 g/mol. The number of aryl methyl sites for hydroxylation is 3. The SMILES string of the molecule is Cc1cc(-c2cc(C(=O)OCc3nc4ccccc4s3)c3c(C)noc3n2)c(C)o1. The minimum atomic E-state index is -0.480. The summed E-state index contributed by atoms with van der Waals surface area (Å²) in [4.78, 5) is 22.0. The molecule has 0 spiro atoms. The van der Waals surface area contributed by atoms with Crippen LogP contribution in [0.3, 0.4) is 0 Å². The predicted octanol–water partition coefficient (Wildman–Crippen LogP) is 5.37. The molecule has 0 atom stereocenters. The van der Waals surface area contributed by atoms with Gasteiger partial charge in [-0.1, -0.05) is 17.3 Å². The number of aromatic nitrogens is 3. The number of furan rings is 1. The van der Waals surface area contributed by atoms with Gasteiger partial charge in [-0.25, -0.2) is 14.8 Å². The standard InChI is InChI=1S/C22H17N3O4S/c1-11-8-14(13(3)28-11)17-9-15(20-12(2)25-29-21(20)24-17)22(26)27-10-19-23-16-6-4-5-7-18(16)30-19/h4-9H,10H2,1-3H3. The normalized spacial score (nSPS) is 11.4. The fraction of sp³-hybridized carbons (Fsp3) is 0.182. The van der Waals surface area contributed by atoms with E-state index in [0.717, 1.165) is 26.5 Å². The number of hydrogen-bond acceptors (Lipinski definition) is 8. The summed E-state index contributed by atoms with van der Waals surface area (Å²) < 4.78 is 17.6. The van der Waals surface area contributed by atoms with Gasteiger partial charge >= 0.3 is 5.97 Å². The van der Waals surface area contributed by atoms with E-state index >= 15 is 0 Å². The Morgan fingerprint density at radius 1 is 1.13 bits per heavy atom. The van der Waals surface area contributed by atoms with Crippen LogP contribution in [-0.2, 0) is 11.3 Å². The highest BCUT2D eigenvalue weighted by molar-refractivity contribution is 7.18. The van der Waals surface area contributed by atoms with E-state index in [0.29, 0.717) is 28.1 Å². The largest absolute Gasteiger partial charge is 0.466 e. The lowest BCUT2D eigenvalue weighted by molar-refractivity contribution is 0.0475. The third-order valence-corrected chi connectivity index (χ3v) is 5.83. The first-order valence-electron chi connectivity index (χ1n) is 9.35. The van der Waals surface area contributed by atoms with Crippen LogP contribution in [0.1, 0.15) is 32.6 Å². The van der Waals surface area contributed by atoms with E-state index < -0.39 is 5.97 Å². The highest BCUT2D eigenvalue weighted by Crippen LogP contribution is 2.31. The van der Waals surface area contributed by atoms with Gasteiger partial charge in [-0.15, -0.1) is 11.3 Å². The molecule has 5 aromatic rings. The molecule has 0 radical (unpaired) electrons. The molecule has 0 saturated heterocycles. The molecular weight excluding hydrogens is 402 g/mol. The van der Waals surface area contributed by atoms with E-state index in [1.807, 2.05) is 44.2 Å². The van der Waals surface area contributed by atoms with Gasteiger partial charge < -0.3 is 13.7 Å². The van der Waals surface area contributed by atoms with E-state index in [1.54, 1.807) is 13.0 Å². The Kier molecular flexibility index (Phi) is 4.36. The van der Waals surface area contributed by atoms with Gasteiger partial charge in [0.1, 0.15) is 23.1 Å². The zero-order chi connectivity index (χ0) is 20.8. The number of rotatable bonds is 4. The maximum absolute atomic E-state index is 13.0. The summed E-state index contributed by atoms with van der Waals surface area (Å²) in [5, 5.41) is 5.25. The van der Waals surface area contributed by atoms with Crippen LogP contribution in [-0.4, -0.2) is 21.1 Å². The molecule has 4 heterocycles. The van der Waals surface area contributed by atoms with Crippen molar-refractivity contribution in [3.05, 3.63) is 64.2 Å². The third kappa shape index (κ3) is 3.15. The van der Waals surface area contributed by atoms with Gasteiger partial charge in [0.2, 0.25) is 0 Å². The molecule has 0 aliphatic rings. The zero-order valence-corrected chi connectivity index (χ0v) is 17.4. The van der Waals surface area contributed by atoms with Crippen molar-refractivity contribution in [3.8, 4) is 11.3 Å². The number of esters is 1. The summed E-state index contributed by atoms with van der Waals surface area (Å²) in [6.45, 7) is 5.57. The Bertz CT molecular complexity index is 1380. The lowest BCUT2D eigenvalue weighted by atomic mass is 10.1. The number of pyridine rings is 1. The fourth-order valence-electron chi connectivity index (χ4n) is 3.47. The van der Waals surface area contributed by atoms with Crippen molar-refractivity contribution in [2.75, 3.05) is 0 Å². The van der Waals surface area contributed by atoms with E-state index in [2.05, 4.69) is 15.1 Å². The summed E-state index contributed by atoms with van der Waals surface area (Å²) in [5.74, 6) is 0.995. The number of benzene rings is 1. The number of fused-ring (bicyclic) bond motifs is 2. The molecule has 0 bridgehead atoms. The van der Waals surface area contributed by atoms with Crippen molar-refractivity contribution in [3.63, 3.8) is 0 Å². The molecular formula is C22H17N3O4S. The van der Waals surface area contributed by atoms with Crippen LogP contribution in [0.4, 0.5) is 0 Å². The molecule has 0 fully saturated rings. The molecule has 0 N–H and O–H groups in total. The number of thiazole rings is 1. The van der Waals surface area contributed by atoms with Crippen molar-refractivity contribution in [1.82, 2.24) is 15.1 Å². The lowest BCUT2D eigenvalue weighted by Crippen LogP contribution is -2.07. The number of carbonyl (C=O) groups is 1. The first kappa shape index (κ1) is 18.5. The highest BCUT2D eigenvalue weighted by Gasteiger charge is 2.22. The average molecular weight is 419 g/mol. The summed E-state index contributed by atoms with van der Waals surface area (Å²) >= 11 is 1.50. The van der Waals surface area contributed by atoms with Gasteiger partial charge in [-0.3, -0.25) is 0 Å². The maximum Gasteiger partial charge on any atom is 0.339 e. The average Bonchev–Trinajstić information content (AvgIpc) is 3.41. The van der Waals surface area contributed by atoms with Gasteiger partial charge in [0, 0.05) is 5.56 Å². The molecule has 0 amide bonds. The fourth-order valence-corrected chi connectivity index (χ4v) is 4.35. The lowest BCUT2D eigenvalue weighted by Gasteiger charge is -2.06. The van der Waals surface area contributed by atoms with Crippen molar-refractivity contribution >= 4 is 38.6 Å².